The molecule has 0 atom stereocenters. The summed E-state index contributed by atoms with van der Waals surface area (Å²) in [5.74, 6) is -0.640. The highest BCUT2D eigenvalue weighted by molar-refractivity contribution is 6.09. The number of urea groups is 1. The van der Waals surface area contributed by atoms with E-state index < -0.39 is 28.3 Å². The maximum Gasteiger partial charge on any atom is 0.344 e. The first-order valence-corrected chi connectivity index (χ1v) is 8.04. The Morgan fingerprint density at radius 2 is 1.88 bits per heavy atom. The number of nitrogens with zero attached hydrogens (tertiary/aromatic N) is 2. The fourth-order valence-corrected chi connectivity index (χ4v) is 3.22. The van der Waals surface area contributed by atoms with Crippen LogP contribution in [0, 0.1) is 16.0 Å². The normalized spacial score (nSPS) is 25.8. The van der Waals surface area contributed by atoms with Crippen LogP contribution >= 0.6 is 0 Å². The van der Waals surface area contributed by atoms with E-state index in [1.807, 2.05) is 0 Å². The van der Waals surface area contributed by atoms with Crippen molar-refractivity contribution >= 4 is 23.5 Å². The Hall–Kier alpha value is -2.97. The van der Waals surface area contributed by atoms with Gasteiger partial charge in [0.15, 0.2) is 0 Å². The van der Waals surface area contributed by atoms with Crippen molar-refractivity contribution in [3.8, 4) is 0 Å². The zero-order chi connectivity index (χ0) is 18.2. The summed E-state index contributed by atoms with van der Waals surface area (Å²) >= 11 is 0. The second kappa shape index (κ2) is 6.15. The highest BCUT2D eigenvalue weighted by atomic mass is 16.6. The maximum absolute atomic E-state index is 12.6. The molecule has 3 rings (SSSR count). The number of carbonyl (C=O) groups excluding carboxylic acids is 3. The van der Waals surface area contributed by atoms with Gasteiger partial charge in [-0.05, 0) is 43.7 Å². The monoisotopic (exact) mass is 346 g/mol. The molecule has 4 amide bonds. The highest BCUT2D eigenvalue weighted by Crippen LogP contribution is 2.35. The molecule has 132 valence electrons. The van der Waals surface area contributed by atoms with E-state index in [-0.39, 0.29) is 11.3 Å². The SMILES string of the molecule is CC1CCC2(CC1)NC(=O)N(NC(=O)c1ccc([N+](=O)[O-])cc1)C2=O. The molecule has 9 nitrogen and oxygen atoms in total. The number of benzene rings is 1. The number of amides is 4. The van der Waals surface area contributed by atoms with Crippen molar-refractivity contribution < 1.29 is 19.3 Å². The van der Waals surface area contributed by atoms with Crippen molar-refractivity contribution in [1.29, 1.82) is 0 Å². The molecular weight excluding hydrogens is 328 g/mol. The molecule has 1 aliphatic heterocycles. The second-order valence-corrected chi connectivity index (χ2v) is 6.58. The van der Waals surface area contributed by atoms with Crippen LogP contribution in [0.3, 0.4) is 0 Å². The molecule has 0 radical (unpaired) electrons. The van der Waals surface area contributed by atoms with Crippen LogP contribution in [0.25, 0.3) is 0 Å². The van der Waals surface area contributed by atoms with Crippen LogP contribution in [-0.4, -0.2) is 33.3 Å². The average molecular weight is 346 g/mol. The minimum Gasteiger partial charge on any atom is -0.322 e. The molecule has 9 heteroatoms. The summed E-state index contributed by atoms with van der Waals surface area (Å²) in [5, 5.41) is 14.1. The average Bonchev–Trinajstić information content (AvgIpc) is 2.82. The topological polar surface area (TPSA) is 122 Å². The van der Waals surface area contributed by atoms with E-state index in [1.54, 1.807) is 0 Å². The van der Waals surface area contributed by atoms with Gasteiger partial charge in [-0.25, -0.2) is 4.79 Å². The molecule has 25 heavy (non-hydrogen) atoms. The molecule has 1 saturated heterocycles. The number of hydrogen-bond acceptors (Lipinski definition) is 5. The molecular formula is C16H18N4O5. The first-order valence-electron chi connectivity index (χ1n) is 8.04. The number of nitro groups is 1. The number of nitro benzene ring substituents is 1. The van der Waals surface area contributed by atoms with Crippen LogP contribution in [0.5, 0.6) is 0 Å². The van der Waals surface area contributed by atoms with Crippen LogP contribution in [0.15, 0.2) is 24.3 Å². The Labute approximate surface area is 143 Å². The Balaban J connectivity index is 1.72. The summed E-state index contributed by atoms with van der Waals surface area (Å²) in [5.41, 5.74) is 1.32. The van der Waals surface area contributed by atoms with Gasteiger partial charge in [0, 0.05) is 17.7 Å². The van der Waals surface area contributed by atoms with Crippen LogP contribution in [0.1, 0.15) is 43.0 Å². The summed E-state index contributed by atoms with van der Waals surface area (Å²) in [6.07, 6.45) is 2.75. The van der Waals surface area contributed by atoms with Gasteiger partial charge < -0.3 is 5.32 Å². The molecule has 0 bridgehead atoms. The van der Waals surface area contributed by atoms with Gasteiger partial charge in [-0.15, -0.1) is 0 Å². The lowest BCUT2D eigenvalue weighted by molar-refractivity contribution is -0.384. The quantitative estimate of drug-likeness (QED) is 0.490. The second-order valence-electron chi connectivity index (χ2n) is 6.58. The zero-order valence-corrected chi connectivity index (χ0v) is 13.7. The molecule has 2 aliphatic rings. The lowest BCUT2D eigenvalue weighted by atomic mass is 9.77. The van der Waals surface area contributed by atoms with Gasteiger partial charge >= 0.3 is 6.03 Å². The first-order chi connectivity index (χ1) is 11.8. The van der Waals surface area contributed by atoms with Crippen molar-refractivity contribution in [1.82, 2.24) is 15.8 Å². The summed E-state index contributed by atoms with van der Waals surface area (Å²) < 4.78 is 0. The van der Waals surface area contributed by atoms with Gasteiger partial charge in [0.2, 0.25) is 0 Å². The zero-order valence-electron chi connectivity index (χ0n) is 13.7. The Bertz CT molecular complexity index is 737. The summed E-state index contributed by atoms with van der Waals surface area (Å²) in [6.45, 7) is 2.10. The number of non-ortho nitro benzene ring substituents is 1. The van der Waals surface area contributed by atoms with E-state index >= 15 is 0 Å². The van der Waals surface area contributed by atoms with E-state index in [0.717, 1.165) is 12.8 Å². The number of rotatable bonds is 3. The number of hydrazine groups is 1. The lowest BCUT2D eigenvalue weighted by Gasteiger charge is -2.33. The number of carbonyl (C=O) groups is 3. The van der Waals surface area contributed by atoms with Gasteiger partial charge in [-0.3, -0.25) is 25.1 Å². The van der Waals surface area contributed by atoms with E-state index in [0.29, 0.717) is 23.8 Å². The fraction of sp³-hybridized carbons (Fsp3) is 0.438. The van der Waals surface area contributed by atoms with Crippen molar-refractivity contribution in [2.45, 2.75) is 38.1 Å². The Morgan fingerprint density at radius 3 is 2.44 bits per heavy atom. The van der Waals surface area contributed by atoms with Crippen LogP contribution in [0.2, 0.25) is 0 Å². The molecule has 2 N–H and O–H groups in total. The lowest BCUT2D eigenvalue weighted by Crippen LogP contribution is -2.51. The molecule has 1 aromatic carbocycles. The summed E-state index contributed by atoms with van der Waals surface area (Å²) in [4.78, 5) is 47.1. The largest absolute Gasteiger partial charge is 0.344 e. The van der Waals surface area contributed by atoms with E-state index in [2.05, 4.69) is 17.7 Å². The molecule has 0 aromatic heterocycles. The summed E-state index contributed by atoms with van der Waals surface area (Å²) in [6, 6.07) is 4.25. The highest BCUT2D eigenvalue weighted by Gasteiger charge is 2.52. The minimum absolute atomic E-state index is 0.115. The van der Waals surface area contributed by atoms with Crippen molar-refractivity contribution in [2.75, 3.05) is 0 Å². The smallest absolute Gasteiger partial charge is 0.322 e. The predicted molar refractivity (Wildman–Crippen MR) is 86.3 cm³/mol. The third kappa shape index (κ3) is 3.04. The first kappa shape index (κ1) is 16.9. The molecule has 1 spiro atoms. The fourth-order valence-electron chi connectivity index (χ4n) is 3.22. The van der Waals surface area contributed by atoms with E-state index in [1.165, 1.54) is 24.3 Å². The van der Waals surface area contributed by atoms with Gasteiger partial charge in [0.05, 0.1) is 4.92 Å². The van der Waals surface area contributed by atoms with E-state index in [4.69, 9.17) is 0 Å². The number of imide groups is 1. The standard InChI is InChI=1S/C16H18N4O5/c1-10-6-8-16(9-7-10)14(22)19(15(23)17-16)18-13(21)11-2-4-12(5-3-11)20(24)25/h2-5,10H,6-9H2,1H3,(H,17,23)(H,18,21). The van der Waals surface area contributed by atoms with Crippen LogP contribution in [-0.2, 0) is 4.79 Å². The maximum atomic E-state index is 12.6. The minimum atomic E-state index is -0.938. The molecule has 1 heterocycles. The predicted octanol–water partition coefficient (Wildman–Crippen LogP) is 1.74. The van der Waals surface area contributed by atoms with Crippen molar-refractivity contribution in [2.24, 2.45) is 5.92 Å². The molecule has 1 aromatic rings. The number of nitrogens with one attached hydrogen (secondary N) is 2. The number of hydrogen-bond donors (Lipinski definition) is 2. The van der Waals surface area contributed by atoms with Gasteiger partial charge in [-0.1, -0.05) is 6.92 Å². The van der Waals surface area contributed by atoms with Gasteiger partial charge in [0.25, 0.3) is 17.5 Å². The molecule has 2 fully saturated rings. The third-order valence-electron chi connectivity index (χ3n) is 4.84. The Morgan fingerprint density at radius 1 is 1.28 bits per heavy atom. The van der Waals surface area contributed by atoms with Crippen molar-refractivity contribution in [3.63, 3.8) is 0 Å². The van der Waals surface area contributed by atoms with Crippen LogP contribution in [0.4, 0.5) is 10.5 Å². The third-order valence-corrected chi connectivity index (χ3v) is 4.84. The molecule has 1 saturated carbocycles. The van der Waals surface area contributed by atoms with Gasteiger partial charge in [-0.2, -0.15) is 5.01 Å². The van der Waals surface area contributed by atoms with Gasteiger partial charge in [0.1, 0.15) is 5.54 Å². The molecule has 0 unspecified atom stereocenters. The van der Waals surface area contributed by atoms with Crippen LogP contribution < -0.4 is 10.7 Å². The Kier molecular flexibility index (Phi) is 4.15. The van der Waals surface area contributed by atoms with E-state index in [9.17, 15) is 24.5 Å². The summed E-state index contributed by atoms with van der Waals surface area (Å²) in [7, 11) is 0. The molecule has 1 aliphatic carbocycles. The van der Waals surface area contributed by atoms with Crippen molar-refractivity contribution in [3.05, 3.63) is 39.9 Å².